The van der Waals surface area contributed by atoms with E-state index in [1.807, 2.05) is 0 Å². The van der Waals surface area contributed by atoms with Gasteiger partial charge in [0.05, 0.1) is 12.2 Å². The maximum absolute atomic E-state index is 6.16. The first-order chi connectivity index (χ1) is 5.91. The second-order valence-corrected chi connectivity index (χ2v) is 4.88. The zero-order valence-corrected chi connectivity index (χ0v) is 8.93. The summed E-state index contributed by atoms with van der Waals surface area (Å²) in [5.74, 6) is 0. The molecule has 0 bridgehead atoms. The van der Waals surface area contributed by atoms with Crippen LogP contribution in [0, 0.1) is 0 Å². The number of nitrogens with two attached hydrogens (primary N) is 1. The third kappa shape index (κ3) is 4.07. The molecule has 1 aliphatic heterocycles. The quantitative estimate of drug-likeness (QED) is 0.709. The molecular formula is C10H21NO2. The van der Waals surface area contributed by atoms with Gasteiger partial charge in [-0.1, -0.05) is 0 Å². The van der Waals surface area contributed by atoms with Gasteiger partial charge >= 0.3 is 0 Å². The van der Waals surface area contributed by atoms with Crippen molar-refractivity contribution in [1.29, 1.82) is 0 Å². The van der Waals surface area contributed by atoms with E-state index in [2.05, 4.69) is 20.8 Å². The highest BCUT2D eigenvalue weighted by atomic mass is 16.5. The molecule has 0 amide bonds. The van der Waals surface area contributed by atoms with Crippen LogP contribution in [0.3, 0.4) is 0 Å². The summed E-state index contributed by atoms with van der Waals surface area (Å²) in [6.07, 6.45) is 1.81. The summed E-state index contributed by atoms with van der Waals surface area (Å²) in [5, 5.41) is 0. The highest BCUT2D eigenvalue weighted by molar-refractivity contribution is 4.86. The third-order valence-corrected chi connectivity index (χ3v) is 2.28. The zero-order chi connectivity index (χ0) is 9.95. The van der Waals surface area contributed by atoms with Crippen LogP contribution >= 0.6 is 0 Å². The fourth-order valence-electron chi connectivity index (χ4n) is 1.28. The van der Waals surface area contributed by atoms with E-state index in [0.29, 0.717) is 6.61 Å². The van der Waals surface area contributed by atoms with Gasteiger partial charge < -0.3 is 15.2 Å². The van der Waals surface area contributed by atoms with Gasteiger partial charge in [0, 0.05) is 18.8 Å². The van der Waals surface area contributed by atoms with E-state index in [9.17, 15) is 0 Å². The maximum atomic E-state index is 6.16. The normalized spacial score (nSPS) is 23.1. The van der Waals surface area contributed by atoms with Crippen molar-refractivity contribution in [2.75, 3.05) is 19.8 Å². The maximum Gasteiger partial charge on any atom is 0.0655 e. The van der Waals surface area contributed by atoms with E-state index < -0.39 is 0 Å². The topological polar surface area (TPSA) is 44.5 Å². The van der Waals surface area contributed by atoms with Crippen LogP contribution in [0.1, 0.15) is 33.6 Å². The third-order valence-electron chi connectivity index (χ3n) is 2.28. The average Bonchev–Trinajstić information content (AvgIpc) is 2.02. The Balaban J connectivity index is 2.33. The fraction of sp³-hybridized carbons (Fsp3) is 1.00. The summed E-state index contributed by atoms with van der Waals surface area (Å²) in [6.45, 7) is 8.33. The standard InChI is InChI=1S/C10H21NO2/c1-9(2,3)13-8-10(11)4-6-12-7-5-10/h4-8,11H2,1-3H3. The first-order valence-electron chi connectivity index (χ1n) is 4.92. The molecule has 0 aromatic heterocycles. The Morgan fingerprint density at radius 3 is 2.31 bits per heavy atom. The smallest absolute Gasteiger partial charge is 0.0655 e. The number of rotatable bonds is 2. The Morgan fingerprint density at radius 2 is 1.85 bits per heavy atom. The molecule has 0 aromatic rings. The van der Waals surface area contributed by atoms with E-state index in [1.165, 1.54) is 0 Å². The first-order valence-corrected chi connectivity index (χ1v) is 4.92. The second-order valence-electron chi connectivity index (χ2n) is 4.88. The molecule has 0 atom stereocenters. The van der Waals surface area contributed by atoms with Crippen molar-refractivity contribution in [1.82, 2.24) is 0 Å². The molecule has 1 fully saturated rings. The van der Waals surface area contributed by atoms with E-state index in [1.54, 1.807) is 0 Å². The van der Waals surface area contributed by atoms with E-state index in [-0.39, 0.29) is 11.1 Å². The second kappa shape index (κ2) is 3.95. The Morgan fingerprint density at radius 1 is 1.31 bits per heavy atom. The van der Waals surface area contributed by atoms with Crippen molar-refractivity contribution in [2.24, 2.45) is 5.73 Å². The van der Waals surface area contributed by atoms with Crippen LogP contribution in [0.25, 0.3) is 0 Å². The van der Waals surface area contributed by atoms with Gasteiger partial charge in [-0.15, -0.1) is 0 Å². The largest absolute Gasteiger partial charge is 0.381 e. The molecule has 1 aliphatic rings. The molecule has 3 heteroatoms. The van der Waals surface area contributed by atoms with Crippen LogP contribution in [-0.4, -0.2) is 31.0 Å². The molecule has 0 aromatic carbocycles. The molecule has 1 rings (SSSR count). The highest BCUT2D eigenvalue weighted by Gasteiger charge is 2.29. The Bertz CT molecular complexity index is 157. The van der Waals surface area contributed by atoms with E-state index in [4.69, 9.17) is 15.2 Å². The van der Waals surface area contributed by atoms with Crippen molar-refractivity contribution in [2.45, 2.75) is 44.8 Å². The van der Waals surface area contributed by atoms with Gasteiger partial charge in [0.15, 0.2) is 0 Å². The van der Waals surface area contributed by atoms with Gasteiger partial charge in [0.1, 0.15) is 0 Å². The summed E-state index contributed by atoms with van der Waals surface area (Å²) in [6, 6.07) is 0. The van der Waals surface area contributed by atoms with E-state index >= 15 is 0 Å². The van der Waals surface area contributed by atoms with Crippen molar-refractivity contribution < 1.29 is 9.47 Å². The van der Waals surface area contributed by atoms with Crippen molar-refractivity contribution in [3.8, 4) is 0 Å². The van der Waals surface area contributed by atoms with Crippen LogP contribution in [0.2, 0.25) is 0 Å². The minimum Gasteiger partial charge on any atom is -0.381 e. The Labute approximate surface area is 80.6 Å². The van der Waals surface area contributed by atoms with Crippen LogP contribution in [-0.2, 0) is 9.47 Å². The monoisotopic (exact) mass is 187 g/mol. The SMILES string of the molecule is CC(C)(C)OCC1(N)CCOCC1. The molecule has 78 valence electrons. The lowest BCUT2D eigenvalue weighted by Crippen LogP contribution is -2.50. The Kier molecular flexibility index (Phi) is 3.33. The van der Waals surface area contributed by atoms with Gasteiger partial charge in [0.2, 0.25) is 0 Å². The van der Waals surface area contributed by atoms with Gasteiger partial charge in [-0.25, -0.2) is 0 Å². The van der Waals surface area contributed by atoms with Crippen LogP contribution in [0.15, 0.2) is 0 Å². The number of hydrogen-bond donors (Lipinski definition) is 1. The van der Waals surface area contributed by atoms with Crippen molar-refractivity contribution in [3.63, 3.8) is 0 Å². The predicted molar refractivity (Wildman–Crippen MR) is 52.7 cm³/mol. The lowest BCUT2D eigenvalue weighted by atomic mass is 9.92. The summed E-state index contributed by atoms with van der Waals surface area (Å²) >= 11 is 0. The van der Waals surface area contributed by atoms with Crippen LogP contribution < -0.4 is 5.73 Å². The van der Waals surface area contributed by atoms with Crippen molar-refractivity contribution in [3.05, 3.63) is 0 Å². The molecule has 0 saturated carbocycles. The average molecular weight is 187 g/mol. The zero-order valence-electron chi connectivity index (χ0n) is 8.93. The Hall–Kier alpha value is -0.120. The van der Waals surface area contributed by atoms with Gasteiger partial charge in [0.25, 0.3) is 0 Å². The van der Waals surface area contributed by atoms with Crippen LogP contribution in [0.4, 0.5) is 0 Å². The molecule has 0 unspecified atom stereocenters. The molecule has 0 aliphatic carbocycles. The highest BCUT2D eigenvalue weighted by Crippen LogP contribution is 2.20. The number of ether oxygens (including phenoxy) is 2. The molecule has 0 radical (unpaired) electrons. The summed E-state index contributed by atoms with van der Waals surface area (Å²) in [7, 11) is 0. The summed E-state index contributed by atoms with van der Waals surface area (Å²) < 4.78 is 11.0. The first kappa shape index (κ1) is 11.0. The molecular weight excluding hydrogens is 166 g/mol. The van der Waals surface area contributed by atoms with Gasteiger partial charge in [-0.2, -0.15) is 0 Å². The lowest BCUT2D eigenvalue weighted by molar-refractivity contribution is -0.0555. The summed E-state index contributed by atoms with van der Waals surface area (Å²) in [5.41, 5.74) is 5.91. The fourth-order valence-corrected chi connectivity index (χ4v) is 1.28. The van der Waals surface area contributed by atoms with Crippen molar-refractivity contribution >= 4 is 0 Å². The van der Waals surface area contributed by atoms with E-state index in [0.717, 1.165) is 26.1 Å². The number of hydrogen-bond acceptors (Lipinski definition) is 3. The predicted octanol–water partition coefficient (Wildman–Crippen LogP) is 1.31. The molecule has 1 saturated heterocycles. The summed E-state index contributed by atoms with van der Waals surface area (Å²) in [4.78, 5) is 0. The van der Waals surface area contributed by atoms with Gasteiger partial charge in [-0.3, -0.25) is 0 Å². The molecule has 2 N–H and O–H groups in total. The molecule has 3 nitrogen and oxygen atoms in total. The van der Waals surface area contributed by atoms with Gasteiger partial charge in [-0.05, 0) is 33.6 Å². The minimum atomic E-state index is -0.161. The minimum absolute atomic E-state index is 0.0926. The molecule has 0 spiro atoms. The lowest BCUT2D eigenvalue weighted by Gasteiger charge is -2.35. The molecule has 1 heterocycles. The van der Waals surface area contributed by atoms with Crippen LogP contribution in [0.5, 0.6) is 0 Å². The molecule has 13 heavy (non-hydrogen) atoms.